The predicted octanol–water partition coefficient (Wildman–Crippen LogP) is 0.585. The molecule has 0 spiro atoms. The van der Waals surface area contributed by atoms with E-state index in [-0.39, 0.29) is 3.79 Å². The summed E-state index contributed by atoms with van der Waals surface area (Å²) in [4.78, 5) is 9.92. The smallest absolute Gasteiger partial charge is 0.265 e. The van der Waals surface area contributed by atoms with Crippen molar-refractivity contribution < 1.29 is 4.79 Å². The summed E-state index contributed by atoms with van der Waals surface area (Å²) in [5, 5.41) is 0. The molecule has 0 unspecified atom stereocenters. The van der Waals surface area contributed by atoms with Gasteiger partial charge in [0.2, 0.25) is 0 Å². The molecule has 0 rings (SSSR count). The summed E-state index contributed by atoms with van der Waals surface area (Å²) in [6.45, 7) is 0. The lowest BCUT2D eigenvalue weighted by molar-refractivity contribution is -0.104. The van der Waals surface area contributed by atoms with Gasteiger partial charge >= 0.3 is 0 Å². The van der Waals surface area contributed by atoms with Crippen LogP contribution >= 0.6 is 22.6 Å². The third kappa shape index (κ3) is 5.52. The summed E-state index contributed by atoms with van der Waals surface area (Å²) in [7, 11) is 0. The van der Waals surface area contributed by atoms with Gasteiger partial charge in [-0.3, -0.25) is 4.79 Å². The molecule has 34 valence electrons. The number of carbonyl (C=O) groups is 1. The van der Waals surface area contributed by atoms with Gasteiger partial charge in [0.1, 0.15) is 0 Å². The molecule has 0 aromatic heterocycles. The quantitative estimate of drug-likeness (QED) is 0.320. The Morgan fingerprint density at radius 1 is 1.71 bits per heavy atom. The van der Waals surface area contributed by atoms with Gasteiger partial charge in [0, 0.05) is 22.6 Å². The lowest BCUT2D eigenvalue weighted by atomic mass is 10.6. The van der Waals surface area contributed by atoms with Crippen LogP contribution in [0.15, 0.2) is 0 Å². The molecule has 0 bridgehead atoms. The highest BCUT2D eigenvalue weighted by Crippen LogP contribution is 1.78. The van der Waals surface area contributed by atoms with Gasteiger partial charge in [-0.05, 0) is 17.8 Å². The van der Waals surface area contributed by atoms with Crippen molar-refractivity contribution in [3.8, 4) is 24.2 Å². The summed E-state index contributed by atoms with van der Waals surface area (Å²) in [6, 6.07) is 0. The number of hydrogen-bond donors (Lipinski definition) is 0. The molecule has 0 aliphatic rings. The average Bonchev–Trinajstić information content (AvgIpc) is 1.61. The Morgan fingerprint density at radius 2 is 2.29 bits per heavy atom. The molecular weight excluding hydrogens is 203 g/mol. The van der Waals surface area contributed by atoms with E-state index in [1.165, 1.54) is 0 Å². The molecule has 1 nitrogen and oxygen atoms in total. The van der Waals surface area contributed by atoms with E-state index < -0.39 is 0 Å². The summed E-state index contributed by atoms with van der Waals surface area (Å²) < 4.78 is -0.226. The molecule has 2 heteroatoms. The van der Waals surface area contributed by atoms with E-state index in [0.29, 0.717) is 0 Å². The maximum absolute atomic E-state index is 9.92. The van der Waals surface area contributed by atoms with Gasteiger partial charge in [-0.25, -0.2) is 0 Å². The third-order valence-electron chi connectivity index (χ3n) is 0.233. The van der Waals surface area contributed by atoms with E-state index >= 15 is 0 Å². The normalized spacial score (nSPS) is 5.14. The van der Waals surface area contributed by atoms with Gasteiger partial charge in [-0.15, -0.1) is 6.42 Å². The second-order valence-electron chi connectivity index (χ2n) is 0.668. The first-order valence-electron chi connectivity index (χ1n) is 1.43. The Balaban J connectivity index is 3.74. The van der Waals surface area contributed by atoms with Crippen LogP contribution < -0.4 is 0 Å². The summed E-state index contributed by atoms with van der Waals surface area (Å²) in [6.07, 6.45) is 4.70. The van der Waals surface area contributed by atoms with Crippen molar-refractivity contribution in [3.63, 3.8) is 0 Å². The fourth-order valence-electron chi connectivity index (χ4n) is 0.0852. The van der Waals surface area contributed by atoms with Crippen molar-refractivity contribution in [1.82, 2.24) is 0 Å². The average molecular weight is 204 g/mol. The zero-order chi connectivity index (χ0) is 5.70. The summed E-state index contributed by atoms with van der Waals surface area (Å²) in [5.41, 5.74) is 0. The fourth-order valence-corrected chi connectivity index (χ4v) is 0.220. The monoisotopic (exact) mass is 204 g/mol. The molecule has 7 heavy (non-hydrogen) atoms. The molecule has 0 aliphatic heterocycles. The molecule has 0 saturated heterocycles. The van der Waals surface area contributed by atoms with Crippen LogP contribution in [0.5, 0.6) is 0 Å². The zero-order valence-corrected chi connectivity index (χ0v) is 5.52. The summed E-state index contributed by atoms with van der Waals surface area (Å²) >= 11 is 1.56. The van der Waals surface area contributed by atoms with Gasteiger partial charge in [-0.1, -0.05) is 0 Å². The van der Waals surface area contributed by atoms with Crippen molar-refractivity contribution in [2.45, 2.75) is 0 Å². The van der Waals surface area contributed by atoms with Gasteiger partial charge in [0.25, 0.3) is 3.79 Å². The van der Waals surface area contributed by atoms with Crippen LogP contribution in [0.25, 0.3) is 0 Å². The van der Waals surface area contributed by atoms with Gasteiger partial charge < -0.3 is 0 Å². The summed E-state index contributed by atoms with van der Waals surface area (Å²) in [5.74, 6) is 6.34. The van der Waals surface area contributed by atoms with E-state index in [1.807, 2.05) is 5.92 Å². The molecule has 0 heterocycles. The third-order valence-corrected chi connectivity index (χ3v) is 0.503. The standard InChI is InChI=1S/C5HIO/c1-2-3-4-5(6)7/h1H. The largest absolute Gasteiger partial charge is 0.273 e. The van der Waals surface area contributed by atoms with Crippen LogP contribution in [0, 0.1) is 24.2 Å². The van der Waals surface area contributed by atoms with Crippen LogP contribution in [0.4, 0.5) is 0 Å². The number of carbonyl (C=O) groups excluding carboxylic acids is 1. The number of halogens is 1. The molecule has 0 amide bonds. The van der Waals surface area contributed by atoms with Crippen LogP contribution in [0.3, 0.4) is 0 Å². The first-order valence-corrected chi connectivity index (χ1v) is 2.51. The molecule has 0 N–H and O–H groups in total. The Morgan fingerprint density at radius 3 is 2.43 bits per heavy atom. The van der Waals surface area contributed by atoms with Crippen LogP contribution in [-0.2, 0) is 4.79 Å². The van der Waals surface area contributed by atoms with E-state index in [1.54, 1.807) is 22.6 Å². The topological polar surface area (TPSA) is 17.1 Å². The SMILES string of the molecule is C#CC#CC(=O)I. The van der Waals surface area contributed by atoms with Crippen molar-refractivity contribution in [2.24, 2.45) is 0 Å². The van der Waals surface area contributed by atoms with Crippen LogP contribution in [0.2, 0.25) is 0 Å². The molecule has 0 radical (unpaired) electrons. The maximum Gasteiger partial charge on any atom is 0.265 e. The van der Waals surface area contributed by atoms with Crippen LogP contribution in [0.1, 0.15) is 0 Å². The Bertz CT molecular complexity index is 165. The zero-order valence-electron chi connectivity index (χ0n) is 3.36. The van der Waals surface area contributed by atoms with Gasteiger partial charge in [0.15, 0.2) is 0 Å². The van der Waals surface area contributed by atoms with Gasteiger partial charge in [0.05, 0.1) is 0 Å². The molecule has 0 saturated carbocycles. The Hall–Kier alpha value is -0.480. The highest BCUT2D eigenvalue weighted by Gasteiger charge is 1.76. The van der Waals surface area contributed by atoms with Crippen molar-refractivity contribution >= 4 is 26.4 Å². The lowest BCUT2D eigenvalue weighted by Crippen LogP contribution is -1.71. The second kappa shape index (κ2) is 3.70. The van der Waals surface area contributed by atoms with Crippen LogP contribution in [-0.4, -0.2) is 3.79 Å². The van der Waals surface area contributed by atoms with Gasteiger partial charge in [-0.2, -0.15) is 0 Å². The van der Waals surface area contributed by atoms with E-state index in [9.17, 15) is 4.79 Å². The molecule has 0 atom stereocenters. The first kappa shape index (κ1) is 6.52. The van der Waals surface area contributed by atoms with Crippen molar-refractivity contribution in [1.29, 1.82) is 0 Å². The van der Waals surface area contributed by atoms with Crippen molar-refractivity contribution in [2.75, 3.05) is 0 Å². The maximum atomic E-state index is 9.92. The molecule has 0 aliphatic carbocycles. The molecular formula is C5HIO. The first-order chi connectivity index (χ1) is 3.27. The Kier molecular flexibility index (Phi) is 3.45. The fraction of sp³-hybridized carbons (Fsp3) is 0. The minimum Gasteiger partial charge on any atom is -0.273 e. The van der Waals surface area contributed by atoms with E-state index in [0.717, 1.165) is 0 Å². The Labute approximate surface area is 55.6 Å². The molecule has 0 aromatic rings. The molecule has 0 fully saturated rings. The number of hydrogen-bond acceptors (Lipinski definition) is 1. The number of rotatable bonds is 0. The predicted molar refractivity (Wildman–Crippen MR) is 35.6 cm³/mol. The highest BCUT2D eigenvalue weighted by molar-refractivity contribution is 14.1. The van der Waals surface area contributed by atoms with E-state index in [4.69, 9.17) is 6.42 Å². The molecule has 0 aromatic carbocycles. The number of terminal acetylenes is 1. The minimum absolute atomic E-state index is 0.226. The van der Waals surface area contributed by atoms with Crippen molar-refractivity contribution in [3.05, 3.63) is 0 Å². The lowest BCUT2D eigenvalue weighted by Gasteiger charge is -1.58. The second-order valence-corrected chi connectivity index (χ2v) is 1.65. The minimum atomic E-state index is -0.226. The highest BCUT2D eigenvalue weighted by atomic mass is 127. The van der Waals surface area contributed by atoms with E-state index in [2.05, 4.69) is 11.8 Å².